The molecule has 24 heavy (non-hydrogen) atoms. The highest BCUT2D eigenvalue weighted by molar-refractivity contribution is 9.10. The van der Waals surface area contributed by atoms with E-state index >= 15 is 0 Å². The van der Waals surface area contributed by atoms with Crippen molar-refractivity contribution < 1.29 is 0 Å². The van der Waals surface area contributed by atoms with Crippen molar-refractivity contribution in [1.29, 1.82) is 0 Å². The van der Waals surface area contributed by atoms with Crippen molar-refractivity contribution in [3.63, 3.8) is 0 Å². The van der Waals surface area contributed by atoms with Crippen LogP contribution in [0.2, 0.25) is 0 Å². The lowest BCUT2D eigenvalue weighted by atomic mass is 9.97. The summed E-state index contributed by atoms with van der Waals surface area (Å²) < 4.78 is 3.02. The Hall–Kier alpha value is -1.89. The Balaban J connectivity index is 1.83. The number of aromatic nitrogens is 3. The fourth-order valence-corrected chi connectivity index (χ4v) is 2.90. The minimum Gasteiger partial charge on any atom is -0.356 e. The second kappa shape index (κ2) is 9.42. The number of halogens is 1. The Kier molecular flexibility index (Phi) is 7.24. The van der Waals surface area contributed by atoms with E-state index in [4.69, 9.17) is 0 Å². The van der Waals surface area contributed by atoms with E-state index in [1.165, 1.54) is 5.56 Å². The minimum atomic E-state index is 0.549. The van der Waals surface area contributed by atoms with Gasteiger partial charge in [-0.25, -0.2) is 0 Å². The van der Waals surface area contributed by atoms with Crippen molar-refractivity contribution in [3.8, 4) is 0 Å². The molecule has 1 aromatic heterocycles. The summed E-state index contributed by atoms with van der Waals surface area (Å²) in [5.74, 6) is 2.21. The van der Waals surface area contributed by atoms with Crippen molar-refractivity contribution in [2.24, 2.45) is 18.0 Å². The molecule has 0 saturated carbocycles. The van der Waals surface area contributed by atoms with Crippen LogP contribution < -0.4 is 10.6 Å². The Bertz CT molecular complexity index is 667. The highest BCUT2D eigenvalue weighted by atomic mass is 79.9. The van der Waals surface area contributed by atoms with Gasteiger partial charge in [-0.15, -0.1) is 10.2 Å². The summed E-state index contributed by atoms with van der Waals surface area (Å²) in [7, 11) is 3.71. The lowest BCUT2D eigenvalue weighted by Gasteiger charge is -2.18. The number of hydrogen-bond acceptors (Lipinski definition) is 3. The molecule has 1 aromatic carbocycles. The van der Waals surface area contributed by atoms with Crippen LogP contribution in [-0.4, -0.2) is 34.3 Å². The summed E-state index contributed by atoms with van der Waals surface area (Å²) >= 11 is 3.53. The van der Waals surface area contributed by atoms with Crippen molar-refractivity contribution in [2.75, 3.05) is 13.6 Å². The molecule has 2 N–H and O–H groups in total. The number of hydrogen-bond donors (Lipinski definition) is 2. The van der Waals surface area contributed by atoms with Gasteiger partial charge < -0.3 is 15.2 Å². The quantitative estimate of drug-likeness (QED) is 0.561. The first-order valence-corrected chi connectivity index (χ1v) is 8.93. The molecular weight excluding hydrogens is 368 g/mol. The SMILES string of the molecule is CCC(CNC(=NC)NCc1nncn1C)Cc1cccc(Br)c1. The molecule has 0 radical (unpaired) electrons. The summed E-state index contributed by atoms with van der Waals surface area (Å²) in [6.45, 7) is 3.69. The molecule has 0 aliphatic rings. The van der Waals surface area contributed by atoms with E-state index in [0.29, 0.717) is 12.5 Å². The highest BCUT2D eigenvalue weighted by Gasteiger charge is 2.10. The number of aliphatic imine (C=N–C) groups is 1. The summed E-state index contributed by atoms with van der Waals surface area (Å²) in [6, 6.07) is 8.50. The Morgan fingerprint density at radius 3 is 2.83 bits per heavy atom. The third-order valence-corrected chi connectivity index (χ3v) is 4.48. The maximum atomic E-state index is 4.27. The zero-order valence-electron chi connectivity index (χ0n) is 14.5. The van der Waals surface area contributed by atoms with Crippen molar-refractivity contribution >= 4 is 21.9 Å². The lowest BCUT2D eigenvalue weighted by Crippen LogP contribution is -2.40. The molecule has 0 amide bonds. The number of nitrogens with zero attached hydrogens (tertiary/aromatic N) is 4. The second-order valence-electron chi connectivity index (χ2n) is 5.77. The highest BCUT2D eigenvalue weighted by Crippen LogP contribution is 2.16. The van der Waals surface area contributed by atoms with Crippen LogP contribution in [0.4, 0.5) is 0 Å². The maximum Gasteiger partial charge on any atom is 0.191 e. The van der Waals surface area contributed by atoms with E-state index in [2.05, 4.69) is 72.9 Å². The molecule has 2 aromatic rings. The molecule has 7 heteroatoms. The zero-order chi connectivity index (χ0) is 17.4. The topological polar surface area (TPSA) is 67.1 Å². The van der Waals surface area contributed by atoms with Crippen molar-refractivity contribution in [2.45, 2.75) is 26.3 Å². The molecular formula is C17H25BrN6. The smallest absolute Gasteiger partial charge is 0.191 e. The molecule has 0 bridgehead atoms. The number of rotatable bonds is 7. The van der Waals surface area contributed by atoms with Gasteiger partial charge in [0.05, 0.1) is 6.54 Å². The first-order valence-electron chi connectivity index (χ1n) is 8.14. The van der Waals surface area contributed by atoms with Gasteiger partial charge in [-0.2, -0.15) is 0 Å². The largest absolute Gasteiger partial charge is 0.356 e. The van der Waals surface area contributed by atoms with E-state index in [1.807, 2.05) is 11.6 Å². The zero-order valence-corrected chi connectivity index (χ0v) is 16.0. The number of guanidine groups is 1. The van der Waals surface area contributed by atoms with E-state index in [-0.39, 0.29) is 0 Å². The van der Waals surface area contributed by atoms with Crippen LogP contribution in [0.1, 0.15) is 24.7 Å². The van der Waals surface area contributed by atoms with Crippen molar-refractivity contribution in [3.05, 3.63) is 46.5 Å². The van der Waals surface area contributed by atoms with Crippen LogP contribution in [-0.2, 0) is 20.0 Å². The Morgan fingerprint density at radius 1 is 1.38 bits per heavy atom. The fraction of sp³-hybridized carbons (Fsp3) is 0.471. The molecule has 130 valence electrons. The third-order valence-electron chi connectivity index (χ3n) is 3.99. The standard InChI is InChI=1S/C17H25BrN6/c1-4-13(8-14-6-5-7-15(18)9-14)10-20-17(19-2)21-11-16-23-22-12-24(16)3/h5-7,9,12-13H,4,8,10-11H2,1-3H3,(H2,19,20,21). The average Bonchev–Trinajstić information content (AvgIpc) is 2.99. The van der Waals surface area contributed by atoms with Gasteiger partial charge in [0, 0.05) is 25.1 Å². The normalized spacial score (nSPS) is 12.9. The summed E-state index contributed by atoms with van der Waals surface area (Å²) in [6.07, 6.45) is 3.85. The molecule has 0 fully saturated rings. The molecule has 6 nitrogen and oxygen atoms in total. The maximum absolute atomic E-state index is 4.27. The van der Waals surface area contributed by atoms with Crippen LogP contribution >= 0.6 is 15.9 Å². The minimum absolute atomic E-state index is 0.549. The monoisotopic (exact) mass is 392 g/mol. The summed E-state index contributed by atoms with van der Waals surface area (Å²) in [5, 5.41) is 14.6. The van der Waals surface area contributed by atoms with Gasteiger partial charge in [-0.05, 0) is 30.0 Å². The van der Waals surface area contributed by atoms with Gasteiger partial charge in [0.1, 0.15) is 6.33 Å². The van der Waals surface area contributed by atoms with Crippen LogP contribution in [0.5, 0.6) is 0 Å². The molecule has 0 aliphatic carbocycles. The van der Waals surface area contributed by atoms with Gasteiger partial charge in [-0.3, -0.25) is 4.99 Å². The summed E-state index contributed by atoms with van der Waals surface area (Å²) in [5.41, 5.74) is 1.35. The van der Waals surface area contributed by atoms with Gasteiger partial charge >= 0.3 is 0 Å². The Labute approximate surface area is 151 Å². The predicted molar refractivity (Wildman–Crippen MR) is 101 cm³/mol. The van der Waals surface area contributed by atoms with Crippen LogP contribution in [0.3, 0.4) is 0 Å². The number of benzene rings is 1. The molecule has 1 unspecified atom stereocenters. The van der Waals surface area contributed by atoms with Crippen molar-refractivity contribution in [1.82, 2.24) is 25.4 Å². The molecule has 0 saturated heterocycles. The molecule has 1 heterocycles. The predicted octanol–water partition coefficient (Wildman–Crippen LogP) is 2.51. The average molecular weight is 393 g/mol. The van der Waals surface area contributed by atoms with Crippen LogP contribution in [0, 0.1) is 5.92 Å². The molecule has 0 spiro atoms. The van der Waals surface area contributed by atoms with Gasteiger partial charge in [-0.1, -0.05) is 41.4 Å². The Morgan fingerprint density at radius 2 is 2.21 bits per heavy atom. The molecule has 1 atom stereocenters. The van der Waals surface area contributed by atoms with Crippen LogP contribution in [0.15, 0.2) is 40.1 Å². The van der Waals surface area contributed by atoms with E-state index in [0.717, 1.165) is 35.6 Å². The second-order valence-corrected chi connectivity index (χ2v) is 6.69. The van der Waals surface area contributed by atoms with E-state index in [1.54, 1.807) is 13.4 Å². The summed E-state index contributed by atoms with van der Waals surface area (Å²) in [4.78, 5) is 4.27. The first kappa shape index (κ1) is 18.4. The van der Waals surface area contributed by atoms with E-state index in [9.17, 15) is 0 Å². The third kappa shape index (κ3) is 5.63. The number of aryl methyl sites for hydroxylation is 1. The van der Waals surface area contributed by atoms with E-state index < -0.39 is 0 Å². The van der Waals surface area contributed by atoms with Gasteiger partial charge in [0.15, 0.2) is 11.8 Å². The van der Waals surface area contributed by atoms with Gasteiger partial charge in [0.25, 0.3) is 0 Å². The first-order chi connectivity index (χ1) is 11.6. The molecule has 2 rings (SSSR count). The van der Waals surface area contributed by atoms with Crippen LogP contribution in [0.25, 0.3) is 0 Å². The molecule has 0 aliphatic heterocycles. The number of nitrogens with one attached hydrogen (secondary N) is 2. The lowest BCUT2D eigenvalue weighted by molar-refractivity contribution is 0.493. The van der Waals surface area contributed by atoms with Gasteiger partial charge in [0.2, 0.25) is 0 Å². The fourth-order valence-electron chi connectivity index (χ4n) is 2.45.